The van der Waals surface area contributed by atoms with Crippen LogP contribution in [0.25, 0.3) is 0 Å². The fraction of sp³-hybridized carbons (Fsp3) is 0.684. The Bertz CT molecular complexity index is 656. The molecule has 2 rings (SSSR count). The van der Waals surface area contributed by atoms with E-state index in [4.69, 9.17) is 9.16 Å². The van der Waals surface area contributed by atoms with Crippen molar-refractivity contribution in [2.75, 3.05) is 0 Å². The highest BCUT2D eigenvalue weighted by atomic mass is 32.2. The predicted octanol–water partition coefficient (Wildman–Crippen LogP) is 5.46. The van der Waals surface area contributed by atoms with E-state index in [0.29, 0.717) is 0 Å². The first-order valence-electron chi connectivity index (χ1n) is 9.06. The molecule has 0 unspecified atom stereocenters. The number of nitro groups is 1. The van der Waals surface area contributed by atoms with Gasteiger partial charge in [0, 0.05) is 4.90 Å². The van der Waals surface area contributed by atoms with Gasteiger partial charge < -0.3 is 4.43 Å². The molecule has 0 saturated carbocycles. The SMILES string of the molecule is Cc1ccc(S[C@]2([N+](=O)[O-])O[C@@H]2[C@@H](O[Si](C)(C)C(C)(C)C)C(C)C)cc1. The topological polar surface area (TPSA) is 64.9 Å². The Labute approximate surface area is 162 Å². The molecule has 0 spiro atoms. The Kier molecular flexibility index (Phi) is 5.98. The van der Waals surface area contributed by atoms with E-state index >= 15 is 0 Å². The monoisotopic (exact) mass is 397 g/mol. The molecular weight excluding hydrogens is 366 g/mol. The smallest absolute Gasteiger partial charge is 0.408 e. The van der Waals surface area contributed by atoms with Crippen LogP contribution in [0.1, 0.15) is 40.2 Å². The number of rotatable bonds is 7. The molecule has 1 aromatic rings. The third-order valence-electron chi connectivity index (χ3n) is 5.33. The Hall–Kier alpha value is -0.893. The summed E-state index contributed by atoms with van der Waals surface area (Å²) in [5.41, 5.74) is 1.12. The molecule has 1 heterocycles. The Balaban J connectivity index is 2.24. The lowest BCUT2D eigenvalue weighted by Gasteiger charge is -2.40. The molecule has 0 aromatic heterocycles. The summed E-state index contributed by atoms with van der Waals surface area (Å²) in [4.78, 5) is 12.4. The van der Waals surface area contributed by atoms with E-state index in [1.165, 1.54) is 11.8 Å². The maximum absolute atomic E-state index is 11.9. The predicted molar refractivity (Wildman–Crippen MR) is 109 cm³/mol. The van der Waals surface area contributed by atoms with Gasteiger partial charge in [0.05, 0.1) is 11.0 Å². The zero-order chi connectivity index (χ0) is 19.9. The average Bonchev–Trinajstić information content (AvgIpc) is 3.21. The summed E-state index contributed by atoms with van der Waals surface area (Å²) in [5, 5.41) is 10.5. The van der Waals surface area contributed by atoms with Gasteiger partial charge in [-0.3, -0.25) is 14.9 Å². The third-order valence-corrected chi connectivity index (χ3v) is 11.1. The second kappa shape index (κ2) is 7.26. The minimum absolute atomic E-state index is 0.0381. The van der Waals surface area contributed by atoms with Gasteiger partial charge in [0.25, 0.3) is 0 Å². The van der Waals surface area contributed by atoms with E-state index in [-0.39, 0.29) is 22.0 Å². The number of hydrogen-bond acceptors (Lipinski definition) is 5. The van der Waals surface area contributed by atoms with Crippen molar-refractivity contribution >= 4 is 20.1 Å². The van der Waals surface area contributed by atoms with Gasteiger partial charge in [-0.25, -0.2) is 0 Å². The lowest BCUT2D eigenvalue weighted by Crippen LogP contribution is -2.48. The second-order valence-corrected chi connectivity index (χ2v) is 14.9. The summed E-state index contributed by atoms with van der Waals surface area (Å²) >= 11 is 1.18. The van der Waals surface area contributed by atoms with Gasteiger partial charge in [-0.15, -0.1) is 0 Å². The molecule has 1 aliphatic rings. The number of benzene rings is 1. The van der Waals surface area contributed by atoms with Crippen LogP contribution in [0.5, 0.6) is 0 Å². The highest BCUT2D eigenvalue weighted by Crippen LogP contribution is 2.54. The van der Waals surface area contributed by atoms with Crippen molar-refractivity contribution < 1.29 is 14.1 Å². The first-order valence-corrected chi connectivity index (χ1v) is 12.8. The van der Waals surface area contributed by atoms with Gasteiger partial charge in [0.1, 0.15) is 0 Å². The highest BCUT2D eigenvalue weighted by Gasteiger charge is 2.74. The van der Waals surface area contributed by atoms with Crippen LogP contribution in [-0.4, -0.2) is 30.5 Å². The summed E-state index contributed by atoms with van der Waals surface area (Å²) in [5.74, 6) is 0.134. The van der Waals surface area contributed by atoms with Crippen molar-refractivity contribution in [3.05, 3.63) is 39.9 Å². The molecule has 1 fully saturated rings. The van der Waals surface area contributed by atoms with Crippen LogP contribution in [0.15, 0.2) is 29.2 Å². The third kappa shape index (κ3) is 4.32. The summed E-state index contributed by atoms with van der Waals surface area (Å²) in [6, 6.07) is 7.73. The first-order chi connectivity index (χ1) is 11.8. The molecule has 26 heavy (non-hydrogen) atoms. The fourth-order valence-electron chi connectivity index (χ4n) is 2.53. The average molecular weight is 398 g/mol. The zero-order valence-electron chi connectivity index (χ0n) is 17.0. The highest BCUT2D eigenvalue weighted by molar-refractivity contribution is 8.00. The van der Waals surface area contributed by atoms with E-state index < -0.39 is 19.5 Å². The number of nitrogens with zero attached hydrogens (tertiary/aromatic N) is 1. The number of hydrogen-bond donors (Lipinski definition) is 0. The molecule has 7 heteroatoms. The van der Waals surface area contributed by atoms with E-state index in [9.17, 15) is 10.1 Å². The van der Waals surface area contributed by atoms with Crippen molar-refractivity contribution in [1.29, 1.82) is 0 Å². The minimum Gasteiger partial charge on any atom is -0.411 e. The zero-order valence-corrected chi connectivity index (χ0v) is 18.8. The van der Waals surface area contributed by atoms with Crippen molar-refractivity contribution in [3.8, 4) is 0 Å². The fourth-order valence-corrected chi connectivity index (χ4v) is 5.04. The number of aryl methyl sites for hydroxylation is 1. The van der Waals surface area contributed by atoms with Crippen molar-refractivity contribution in [1.82, 2.24) is 0 Å². The van der Waals surface area contributed by atoms with Crippen LogP contribution in [0.4, 0.5) is 0 Å². The molecular formula is C19H31NO4SSi. The maximum atomic E-state index is 11.9. The van der Waals surface area contributed by atoms with Crippen LogP contribution in [0.3, 0.4) is 0 Å². The van der Waals surface area contributed by atoms with Crippen LogP contribution in [0.2, 0.25) is 18.1 Å². The molecule has 0 N–H and O–H groups in total. The number of thioether (sulfide) groups is 1. The summed E-state index contributed by atoms with van der Waals surface area (Å²) in [6.45, 7) is 16.9. The largest absolute Gasteiger partial charge is 0.411 e. The Morgan fingerprint density at radius 1 is 1.27 bits per heavy atom. The lowest BCUT2D eigenvalue weighted by atomic mass is 10.0. The lowest BCUT2D eigenvalue weighted by molar-refractivity contribution is -0.532. The molecule has 0 radical (unpaired) electrons. The molecule has 146 valence electrons. The molecule has 5 nitrogen and oxygen atoms in total. The maximum Gasteiger partial charge on any atom is 0.408 e. The molecule has 0 aliphatic carbocycles. The first kappa shape index (κ1) is 21.4. The quantitative estimate of drug-likeness (QED) is 0.201. The minimum atomic E-state index is -2.06. The molecule has 1 saturated heterocycles. The van der Waals surface area contributed by atoms with Gasteiger partial charge >= 0.3 is 5.06 Å². The van der Waals surface area contributed by atoms with Gasteiger partial charge in [-0.1, -0.05) is 52.3 Å². The molecule has 0 amide bonds. The van der Waals surface area contributed by atoms with Crippen molar-refractivity contribution in [2.45, 2.75) is 81.8 Å². The van der Waals surface area contributed by atoms with E-state index in [1.807, 2.05) is 45.0 Å². The Morgan fingerprint density at radius 3 is 2.23 bits per heavy atom. The molecule has 3 atom stereocenters. The van der Waals surface area contributed by atoms with Crippen LogP contribution in [0, 0.1) is 23.0 Å². The van der Waals surface area contributed by atoms with Crippen LogP contribution < -0.4 is 0 Å². The Morgan fingerprint density at radius 2 is 1.81 bits per heavy atom. The number of ether oxygens (including phenoxy) is 1. The van der Waals surface area contributed by atoms with Gasteiger partial charge in [-0.05, 0) is 54.9 Å². The number of epoxide rings is 1. The summed E-state index contributed by atoms with van der Waals surface area (Å²) in [6.07, 6.45) is -0.836. The molecule has 0 bridgehead atoms. The van der Waals surface area contributed by atoms with Gasteiger partial charge in [-0.2, -0.15) is 0 Å². The van der Waals surface area contributed by atoms with E-state index in [1.54, 1.807) is 0 Å². The van der Waals surface area contributed by atoms with E-state index in [0.717, 1.165) is 10.5 Å². The van der Waals surface area contributed by atoms with Gasteiger partial charge in [0.2, 0.25) is 0 Å². The molecule has 1 aliphatic heterocycles. The summed E-state index contributed by atoms with van der Waals surface area (Å²) in [7, 11) is -2.06. The van der Waals surface area contributed by atoms with Crippen molar-refractivity contribution in [2.24, 2.45) is 5.92 Å². The van der Waals surface area contributed by atoms with Gasteiger partial charge in [0.15, 0.2) is 14.4 Å². The summed E-state index contributed by atoms with van der Waals surface area (Å²) < 4.78 is 12.3. The van der Waals surface area contributed by atoms with Crippen molar-refractivity contribution in [3.63, 3.8) is 0 Å². The van der Waals surface area contributed by atoms with Crippen LogP contribution in [-0.2, 0) is 9.16 Å². The van der Waals surface area contributed by atoms with Crippen LogP contribution >= 0.6 is 11.8 Å². The normalized spacial score (nSPS) is 24.6. The second-order valence-electron chi connectivity index (χ2n) is 8.93. The molecule has 1 aromatic carbocycles. The standard InChI is InChI=1S/C19H31NO4SSi/c1-13(2)16(24-26(7,8)18(4,5)6)17-19(23-17,20(21)22)25-15-11-9-14(3)10-12-15/h9-13,16-17H,1-8H3/t16-,17+,19+/m0/s1. The van der Waals surface area contributed by atoms with E-state index in [2.05, 4.69) is 33.9 Å².